The Morgan fingerprint density at radius 3 is 2.38 bits per heavy atom. The maximum absolute atomic E-state index is 13.6. The van der Waals surface area contributed by atoms with Gasteiger partial charge in [0.15, 0.2) is 4.34 Å². The van der Waals surface area contributed by atoms with Gasteiger partial charge in [-0.2, -0.15) is 0 Å². The topological polar surface area (TPSA) is 102 Å². The number of halogens is 1. The number of amides is 1. The number of anilines is 1. The number of thioether (sulfide) groups is 1. The molecule has 11 heteroatoms. The van der Waals surface area contributed by atoms with Gasteiger partial charge in [-0.05, 0) is 78.7 Å². The van der Waals surface area contributed by atoms with E-state index in [9.17, 15) is 19.1 Å². The molecule has 0 aliphatic carbocycles. The summed E-state index contributed by atoms with van der Waals surface area (Å²) >= 11 is 2.53. The first kappa shape index (κ1) is 30.0. The summed E-state index contributed by atoms with van der Waals surface area (Å²) in [6.07, 6.45) is 0. The Hall–Kier alpha value is -5.00. The van der Waals surface area contributed by atoms with Gasteiger partial charge in [0.2, 0.25) is 5.13 Å². The molecule has 1 amide bonds. The largest absolute Gasteiger partial charge is 0.507 e. The van der Waals surface area contributed by atoms with E-state index in [4.69, 9.17) is 9.47 Å². The minimum Gasteiger partial charge on any atom is -0.507 e. The van der Waals surface area contributed by atoms with E-state index >= 15 is 0 Å². The number of rotatable bonds is 10. The maximum atomic E-state index is 13.6. The van der Waals surface area contributed by atoms with Crippen LogP contribution in [-0.4, -0.2) is 33.6 Å². The van der Waals surface area contributed by atoms with Gasteiger partial charge >= 0.3 is 5.91 Å². The standard InChI is InChI=1S/C34H26FN3O5S2/c1-2-42-25-17-13-22(14-18-25)30(39)28-29(23-7-6-10-27(19-23)43-26-8-4-3-5-9-26)38(32(41)31(28)40)33-36-37-34(45-33)44-20-21-11-15-24(35)16-12-21/h3-19,29,39H,2,20H2,1H3/b30-28-. The Morgan fingerprint density at radius 2 is 1.64 bits per heavy atom. The van der Waals surface area contributed by atoms with Crippen molar-refractivity contribution in [3.8, 4) is 17.2 Å². The van der Waals surface area contributed by atoms with Crippen LogP contribution in [0, 0.1) is 5.82 Å². The first-order chi connectivity index (χ1) is 21.9. The normalized spacial score (nSPS) is 15.8. The van der Waals surface area contributed by atoms with Gasteiger partial charge in [-0.15, -0.1) is 10.2 Å². The highest BCUT2D eigenvalue weighted by atomic mass is 32.2. The van der Waals surface area contributed by atoms with E-state index in [1.165, 1.54) is 28.8 Å². The van der Waals surface area contributed by atoms with Gasteiger partial charge < -0.3 is 14.6 Å². The second kappa shape index (κ2) is 13.3. The number of nitrogens with zero attached hydrogens (tertiary/aromatic N) is 3. The monoisotopic (exact) mass is 639 g/mol. The van der Waals surface area contributed by atoms with Gasteiger partial charge in [-0.1, -0.05) is 65.6 Å². The van der Waals surface area contributed by atoms with Crippen molar-refractivity contribution in [2.75, 3.05) is 11.5 Å². The Labute approximate surface area is 266 Å². The van der Waals surface area contributed by atoms with Crippen molar-refractivity contribution < 1.29 is 28.6 Å². The minimum atomic E-state index is -1.02. The van der Waals surface area contributed by atoms with Crippen LogP contribution in [0.25, 0.3) is 5.76 Å². The van der Waals surface area contributed by atoms with Gasteiger partial charge in [0.1, 0.15) is 28.8 Å². The number of para-hydroxylation sites is 1. The molecule has 1 N–H and O–H groups in total. The van der Waals surface area contributed by atoms with Crippen LogP contribution in [0.15, 0.2) is 113 Å². The number of aliphatic hydroxyl groups is 1. The summed E-state index contributed by atoms with van der Waals surface area (Å²) in [7, 11) is 0. The second-order valence-electron chi connectivity index (χ2n) is 9.88. The molecule has 226 valence electrons. The van der Waals surface area contributed by atoms with Crippen molar-refractivity contribution in [2.45, 2.75) is 23.1 Å². The van der Waals surface area contributed by atoms with E-state index in [1.54, 1.807) is 60.7 Å². The zero-order chi connectivity index (χ0) is 31.3. The summed E-state index contributed by atoms with van der Waals surface area (Å²) in [5.74, 6) is -0.119. The molecule has 1 fully saturated rings. The van der Waals surface area contributed by atoms with E-state index in [2.05, 4.69) is 10.2 Å². The average molecular weight is 640 g/mol. The lowest BCUT2D eigenvalue weighted by Gasteiger charge is -2.23. The van der Waals surface area contributed by atoms with Crippen molar-refractivity contribution in [1.82, 2.24) is 10.2 Å². The van der Waals surface area contributed by atoms with Crippen molar-refractivity contribution in [3.63, 3.8) is 0 Å². The maximum Gasteiger partial charge on any atom is 0.301 e. The number of aliphatic hydroxyl groups excluding tert-OH is 1. The summed E-state index contributed by atoms with van der Waals surface area (Å²) < 4.78 is 25.4. The fourth-order valence-electron chi connectivity index (χ4n) is 4.83. The van der Waals surface area contributed by atoms with E-state index in [1.807, 2.05) is 37.3 Å². The lowest BCUT2D eigenvalue weighted by atomic mass is 9.95. The average Bonchev–Trinajstić information content (AvgIpc) is 3.63. The van der Waals surface area contributed by atoms with E-state index < -0.39 is 17.7 Å². The first-order valence-corrected chi connectivity index (χ1v) is 15.8. The van der Waals surface area contributed by atoms with Crippen molar-refractivity contribution in [1.29, 1.82) is 0 Å². The van der Waals surface area contributed by atoms with Crippen LogP contribution >= 0.6 is 23.1 Å². The molecule has 5 aromatic rings. The van der Waals surface area contributed by atoms with Gasteiger partial charge in [-0.25, -0.2) is 4.39 Å². The lowest BCUT2D eigenvalue weighted by molar-refractivity contribution is -0.132. The molecule has 45 heavy (non-hydrogen) atoms. The fourth-order valence-corrected chi connectivity index (χ4v) is 6.66. The molecule has 4 aromatic carbocycles. The first-order valence-electron chi connectivity index (χ1n) is 14.0. The number of ketones is 1. The van der Waals surface area contributed by atoms with Crippen molar-refractivity contribution >= 4 is 45.7 Å². The number of aromatic nitrogens is 2. The molecule has 8 nitrogen and oxygen atoms in total. The predicted molar refractivity (Wildman–Crippen MR) is 171 cm³/mol. The second-order valence-corrected chi connectivity index (χ2v) is 12.1. The van der Waals surface area contributed by atoms with Crippen LogP contribution in [0.4, 0.5) is 9.52 Å². The van der Waals surface area contributed by atoms with Crippen LogP contribution in [-0.2, 0) is 15.3 Å². The van der Waals surface area contributed by atoms with Crippen LogP contribution in [0.3, 0.4) is 0 Å². The highest BCUT2D eigenvalue weighted by molar-refractivity contribution is 8.00. The molecular weight excluding hydrogens is 614 g/mol. The Balaban J connectivity index is 1.38. The van der Waals surface area contributed by atoms with Crippen LogP contribution in [0.1, 0.15) is 29.7 Å². The van der Waals surface area contributed by atoms with E-state index in [0.29, 0.717) is 45.1 Å². The molecule has 1 aliphatic heterocycles. The number of hydrogen-bond donors (Lipinski definition) is 1. The molecule has 1 unspecified atom stereocenters. The quantitative estimate of drug-likeness (QED) is 0.0543. The van der Waals surface area contributed by atoms with Gasteiger partial charge in [0.05, 0.1) is 18.2 Å². The van der Waals surface area contributed by atoms with Gasteiger partial charge in [-0.3, -0.25) is 14.5 Å². The van der Waals surface area contributed by atoms with Crippen LogP contribution < -0.4 is 14.4 Å². The third-order valence-electron chi connectivity index (χ3n) is 6.91. The minimum absolute atomic E-state index is 0.0864. The van der Waals surface area contributed by atoms with Gasteiger partial charge in [0, 0.05) is 11.3 Å². The summed E-state index contributed by atoms with van der Waals surface area (Å²) in [6.45, 7) is 2.34. The molecule has 0 bridgehead atoms. The zero-order valence-corrected chi connectivity index (χ0v) is 25.6. The highest BCUT2D eigenvalue weighted by Crippen LogP contribution is 2.45. The van der Waals surface area contributed by atoms with Crippen molar-refractivity contribution in [3.05, 3.63) is 131 Å². The van der Waals surface area contributed by atoms with Crippen LogP contribution in [0.5, 0.6) is 17.2 Å². The molecule has 0 saturated carbocycles. The number of ether oxygens (including phenoxy) is 2. The number of hydrogen-bond acceptors (Lipinski definition) is 9. The van der Waals surface area contributed by atoms with Gasteiger partial charge in [0.25, 0.3) is 5.78 Å². The van der Waals surface area contributed by atoms with E-state index in [-0.39, 0.29) is 22.3 Å². The molecule has 6 rings (SSSR count). The molecule has 2 heterocycles. The molecule has 0 radical (unpaired) electrons. The molecular formula is C34H26FN3O5S2. The zero-order valence-electron chi connectivity index (χ0n) is 23.9. The molecule has 0 spiro atoms. The Bertz CT molecular complexity index is 1860. The predicted octanol–water partition coefficient (Wildman–Crippen LogP) is 7.79. The summed E-state index contributed by atoms with van der Waals surface area (Å²) in [6, 6.07) is 28.0. The SMILES string of the molecule is CCOc1ccc(/C(O)=C2/C(=O)C(=O)N(c3nnc(SCc4ccc(F)cc4)s3)C2c2cccc(Oc3ccccc3)c2)cc1. The van der Waals surface area contributed by atoms with Crippen LogP contribution in [0.2, 0.25) is 0 Å². The smallest absolute Gasteiger partial charge is 0.301 e. The summed E-state index contributed by atoms with van der Waals surface area (Å²) in [5, 5.41) is 20.2. The Morgan fingerprint density at radius 1 is 0.911 bits per heavy atom. The van der Waals surface area contributed by atoms with Crippen molar-refractivity contribution in [2.24, 2.45) is 0 Å². The fraction of sp³-hybridized carbons (Fsp3) is 0.118. The number of benzene rings is 4. The Kier molecular flexibility index (Phi) is 8.90. The summed E-state index contributed by atoms with van der Waals surface area (Å²) in [5.41, 5.74) is 1.69. The third kappa shape index (κ3) is 6.59. The summed E-state index contributed by atoms with van der Waals surface area (Å²) in [4.78, 5) is 28.5. The molecule has 1 aliphatic rings. The molecule has 1 aromatic heterocycles. The third-order valence-corrected chi connectivity index (χ3v) is 9.04. The number of carbonyl (C=O) groups excluding carboxylic acids is 2. The van der Waals surface area contributed by atoms with E-state index in [0.717, 1.165) is 16.9 Å². The number of Topliss-reactive ketones (excluding diaryl/α,β-unsaturated/α-hetero) is 1. The highest BCUT2D eigenvalue weighted by Gasteiger charge is 2.48. The number of carbonyl (C=O) groups is 2. The molecule has 1 saturated heterocycles. The lowest BCUT2D eigenvalue weighted by Crippen LogP contribution is -2.29. The molecule has 1 atom stereocenters.